The molecule has 2 amide bonds. The molecule has 1 aliphatic rings. The van der Waals surface area contributed by atoms with Crippen molar-refractivity contribution >= 4 is 34.2 Å². The van der Waals surface area contributed by atoms with Gasteiger partial charge in [0.25, 0.3) is 0 Å². The highest BCUT2D eigenvalue weighted by atomic mass is 32.1. The minimum Gasteiger partial charge on any atom is -0.376 e. The Morgan fingerprint density at radius 3 is 2.82 bits per heavy atom. The van der Waals surface area contributed by atoms with Crippen LogP contribution in [0.3, 0.4) is 0 Å². The lowest BCUT2D eigenvalue weighted by molar-refractivity contribution is -0.141. The minimum absolute atomic E-state index is 0.00568. The molecule has 198 valence electrons. The van der Waals surface area contributed by atoms with Crippen molar-refractivity contribution in [3.8, 4) is 0 Å². The van der Waals surface area contributed by atoms with Crippen molar-refractivity contribution in [1.82, 2.24) is 25.2 Å². The Balaban J connectivity index is 1.45. The van der Waals surface area contributed by atoms with Crippen molar-refractivity contribution in [2.24, 2.45) is 0 Å². The third kappa shape index (κ3) is 5.95. The highest BCUT2D eigenvalue weighted by molar-refractivity contribution is 7.10. The van der Waals surface area contributed by atoms with E-state index in [0.717, 1.165) is 52.0 Å². The van der Waals surface area contributed by atoms with Crippen molar-refractivity contribution in [3.05, 3.63) is 81.5 Å². The number of rotatable bonds is 10. The Labute approximate surface area is 226 Å². The Hall–Kier alpha value is -3.56. The fourth-order valence-corrected chi connectivity index (χ4v) is 5.99. The zero-order valence-electron chi connectivity index (χ0n) is 21.8. The first kappa shape index (κ1) is 26.1. The quantitative estimate of drug-likeness (QED) is 0.331. The standard InChI is InChI=1S/C29H33N5O3S/c1-20-7-5-8-22(17-20)12-14-33(26(35)19-34-25-11-4-3-10-24(25)31-32-34)27(28-21(2)13-16-38-28)29(36)30-18-23-9-6-15-37-23/h3-5,7-8,10-11,13,16-17,23,27H,6,9,12,14-15,18-19H2,1-2H3,(H,30,36)/t23-,27-/m1/s1. The van der Waals surface area contributed by atoms with E-state index in [9.17, 15) is 9.59 Å². The van der Waals surface area contributed by atoms with E-state index in [1.165, 1.54) is 11.3 Å². The van der Waals surface area contributed by atoms with Crippen LogP contribution < -0.4 is 5.32 Å². The van der Waals surface area contributed by atoms with Gasteiger partial charge in [-0.05, 0) is 67.8 Å². The van der Waals surface area contributed by atoms with Crippen LogP contribution in [-0.4, -0.2) is 57.5 Å². The van der Waals surface area contributed by atoms with Gasteiger partial charge in [-0.3, -0.25) is 9.59 Å². The monoisotopic (exact) mass is 531 g/mol. The molecule has 38 heavy (non-hydrogen) atoms. The average Bonchev–Trinajstić information content (AvgIpc) is 3.67. The number of carbonyl (C=O) groups is 2. The van der Waals surface area contributed by atoms with E-state index in [4.69, 9.17) is 4.74 Å². The maximum Gasteiger partial charge on any atom is 0.248 e. The van der Waals surface area contributed by atoms with Gasteiger partial charge in [-0.25, -0.2) is 4.68 Å². The molecule has 0 bridgehead atoms. The van der Waals surface area contributed by atoms with E-state index in [0.29, 0.717) is 19.5 Å². The minimum atomic E-state index is -0.747. The van der Waals surface area contributed by atoms with E-state index >= 15 is 0 Å². The van der Waals surface area contributed by atoms with Crippen LogP contribution >= 0.6 is 11.3 Å². The summed E-state index contributed by atoms with van der Waals surface area (Å²) in [7, 11) is 0. The van der Waals surface area contributed by atoms with Gasteiger partial charge in [0.15, 0.2) is 0 Å². The number of nitrogens with zero attached hydrogens (tertiary/aromatic N) is 4. The number of para-hydroxylation sites is 1. The second-order valence-electron chi connectivity index (χ2n) is 9.81. The first-order valence-electron chi connectivity index (χ1n) is 13.1. The molecule has 8 nitrogen and oxygen atoms in total. The summed E-state index contributed by atoms with van der Waals surface area (Å²) in [6.45, 7) is 5.59. The van der Waals surface area contributed by atoms with Crippen molar-refractivity contribution in [3.63, 3.8) is 0 Å². The molecule has 1 aliphatic heterocycles. The summed E-state index contributed by atoms with van der Waals surface area (Å²) in [6.07, 6.45) is 2.58. The molecule has 0 aliphatic carbocycles. The van der Waals surface area contributed by atoms with Crippen LogP contribution in [-0.2, 0) is 27.3 Å². The molecule has 0 radical (unpaired) electrons. The molecule has 1 fully saturated rings. The van der Waals surface area contributed by atoms with E-state index in [-0.39, 0.29) is 24.5 Å². The number of amides is 2. The number of hydrogen-bond donors (Lipinski definition) is 1. The van der Waals surface area contributed by atoms with Gasteiger partial charge in [0.1, 0.15) is 18.1 Å². The Bertz CT molecular complexity index is 1410. The van der Waals surface area contributed by atoms with Crippen molar-refractivity contribution in [2.45, 2.75) is 51.8 Å². The lowest BCUT2D eigenvalue weighted by Crippen LogP contribution is -2.47. The van der Waals surface area contributed by atoms with Crippen LogP contribution in [0.15, 0.2) is 60.0 Å². The second kappa shape index (κ2) is 11.9. The molecule has 2 aromatic carbocycles. The second-order valence-corrected chi connectivity index (χ2v) is 10.8. The first-order chi connectivity index (χ1) is 18.5. The smallest absolute Gasteiger partial charge is 0.248 e. The summed E-state index contributed by atoms with van der Waals surface area (Å²) < 4.78 is 7.33. The number of ether oxygens (including phenoxy) is 1. The molecule has 0 spiro atoms. The van der Waals surface area contributed by atoms with Crippen LogP contribution in [0.2, 0.25) is 0 Å². The van der Waals surface area contributed by atoms with Gasteiger partial charge < -0.3 is 15.0 Å². The van der Waals surface area contributed by atoms with Crippen molar-refractivity contribution in [2.75, 3.05) is 19.7 Å². The van der Waals surface area contributed by atoms with Gasteiger partial charge >= 0.3 is 0 Å². The zero-order chi connectivity index (χ0) is 26.5. The molecule has 0 unspecified atom stereocenters. The summed E-state index contributed by atoms with van der Waals surface area (Å²) in [5, 5.41) is 13.5. The molecule has 1 saturated heterocycles. The third-order valence-corrected chi connectivity index (χ3v) is 8.06. The number of aryl methyl sites for hydroxylation is 2. The highest BCUT2D eigenvalue weighted by Crippen LogP contribution is 2.30. The molecule has 2 aromatic heterocycles. The molecule has 2 atom stereocenters. The first-order valence-corrected chi connectivity index (χ1v) is 13.9. The summed E-state index contributed by atoms with van der Waals surface area (Å²) in [4.78, 5) is 30.4. The van der Waals surface area contributed by atoms with Crippen molar-refractivity contribution in [1.29, 1.82) is 0 Å². The lowest BCUT2D eigenvalue weighted by Gasteiger charge is -2.31. The predicted octanol–water partition coefficient (Wildman–Crippen LogP) is 4.22. The number of fused-ring (bicyclic) bond motifs is 1. The predicted molar refractivity (Wildman–Crippen MR) is 148 cm³/mol. The molecule has 5 rings (SSSR count). The van der Waals surface area contributed by atoms with E-state index in [1.54, 1.807) is 9.58 Å². The Morgan fingerprint density at radius 1 is 1.18 bits per heavy atom. The molecule has 3 heterocycles. The molecular weight excluding hydrogens is 498 g/mol. The third-order valence-electron chi connectivity index (χ3n) is 6.99. The summed E-state index contributed by atoms with van der Waals surface area (Å²) >= 11 is 1.50. The SMILES string of the molecule is Cc1cccc(CCN(C(=O)Cn2nnc3ccccc32)[C@@H](C(=O)NC[C@H]2CCCO2)c2sccc2C)c1. The largest absolute Gasteiger partial charge is 0.376 e. The maximum absolute atomic E-state index is 14.0. The van der Waals surface area contributed by atoms with E-state index in [2.05, 4.69) is 40.8 Å². The highest BCUT2D eigenvalue weighted by Gasteiger charge is 2.34. The van der Waals surface area contributed by atoms with Crippen LogP contribution in [0, 0.1) is 13.8 Å². The topological polar surface area (TPSA) is 89.4 Å². The van der Waals surface area contributed by atoms with Gasteiger partial charge in [0.2, 0.25) is 11.8 Å². The molecule has 1 N–H and O–H groups in total. The van der Waals surface area contributed by atoms with Crippen molar-refractivity contribution < 1.29 is 14.3 Å². The number of hydrogen-bond acceptors (Lipinski definition) is 6. The lowest BCUT2D eigenvalue weighted by atomic mass is 10.1. The molecular formula is C29H33N5O3S. The van der Waals surface area contributed by atoms with E-state index in [1.807, 2.05) is 48.7 Å². The Kier molecular flexibility index (Phi) is 8.14. The molecule has 9 heteroatoms. The van der Waals surface area contributed by atoms with Gasteiger partial charge in [-0.1, -0.05) is 47.2 Å². The summed E-state index contributed by atoms with van der Waals surface area (Å²) in [6, 6.07) is 17.1. The van der Waals surface area contributed by atoms with Crippen LogP contribution in [0.5, 0.6) is 0 Å². The number of benzene rings is 2. The van der Waals surface area contributed by atoms with E-state index < -0.39 is 6.04 Å². The summed E-state index contributed by atoms with van der Waals surface area (Å²) in [5.74, 6) is -0.370. The van der Waals surface area contributed by atoms with Gasteiger partial charge in [-0.2, -0.15) is 0 Å². The fraction of sp³-hybridized carbons (Fsp3) is 0.379. The normalized spacial score (nSPS) is 16.0. The van der Waals surface area contributed by atoms with Crippen LogP contribution in [0.4, 0.5) is 0 Å². The van der Waals surface area contributed by atoms with Gasteiger partial charge in [0.05, 0.1) is 11.6 Å². The van der Waals surface area contributed by atoms with Crippen LogP contribution in [0.25, 0.3) is 11.0 Å². The number of thiophene rings is 1. The number of aromatic nitrogens is 3. The van der Waals surface area contributed by atoms with Gasteiger partial charge in [-0.15, -0.1) is 16.4 Å². The average molecular weight is 532 g/mol. The zero-order valence-corrected chi connectivity index (χ0v) is 22.6. The van der Waals surface area contributed by atoms with Gasteiger partial charge in [0, 0.05) is 24.6 Å². The molecule has 4 aromatic rings. The number of carbonyl (C=O) groups excluding carboxylic acids is 2. The fourth-order valence-electron chi connectivity index (χ4n) is 4.95. The Morgan fingerprint density at radius 2 is 2.05 bits per heavy atom. The van der Waals surface area contributed by atoms with Crippen LogP contribution in [0.1, 0.15) is 40.5 Å². The molecule has 0 saturated carbocycles. The maximum atomic E-state index is 14.0. The summed E-state index contributed by atoms with van der Waals surface area (Å²) in [5.41, 5.74) is 4.79. The number of nitrogens with one attached hydrogen (secondary N) is 1.